The number of fused-ring (bicyclic) bond motifs is 1. The third-order valence-corrected chi connectivity index (χ3v) is 3.67. The minimum Gasteiger partial charge on any atom is -0.459 e. The molecule has 0 spiro atoms. The third-order valence-electron chi connectivity index (χ3n) is 3.67. The lowest BCUT2D eigenvalue weighted by atomic mass is 10.0. The molecule has 3 rings (SSSR count). The molecule has 0 heterocycles. The van der Waals surface area contributed by atoms with Gasteiger partial charge < -0.3 is 4.74 Å². The second-order valence-corrected chi connectivity index (χ2v) is 4.95. The normalized spacial score (nSPS) is 15.8. The molecule has 1 fully saturated rings. The van der Waals surface area contributed by atoms with Gasteiger partial charge in [-0.05, 0) is 43.2 Å². The quantitative estimate of drug-likeness (QED) is 0.759. The molecule has 0 aromatic heterocycles. The van der Waals surface area contributed by atoms with E-state index in [2.05, 4.69) is 0 Å². The molecule has 0 bridgehead atoms. The van der Waals surface area contributed by atoms with Gasteiger partial charge in [0.2, 0.25) is 0 Å². The highest BCUT2D eigenvalue weighted by Gasteiger charge is 2.21. The van der Waals surface area contributed by atoms with Crippen LogP contribution in [0.5, 0.6) is 0 Å². The van der Waals surface area contributed by atoms with Crippen molar-refractivity contribution >= 4 is 16.7 Å². The lowest BCUT2D eigenvalue weighted by molar-refractivity contribution is 0.0320. The van der Waals surface area contributed by atoms with Gasteiger partial charge >= 0.3 is 5.97 Å². The molecule has 19 heavy (non-hydrogen) atoms. The number of ether oxygens (including phenoxy) is 1. The van der Waals surface area contributed by atoms with Crippen LogP contribution in [0, 0.1) is 5.82 Å². The first-order valence-corrected chi connectivity index (χ1v) is 6.64. The van der Waals surface area contributed by atoms with Crippen LogP contribution in [0.2, 0.25) is 0 Å². The van der Waals surface area contributed by atoms with E-state index in [0.29, 0.717) is 16.3 Å². The lowest BCUT2D eigenvalue weighted by Crippen LogP contribution is -2.15. The Kier molecular flexibility index (Phi) is 3.20. The first kappa shape index (κ1) is 12.2. The van der Waals surface area contributed by atoms with E-state index in [9.17, 15) is 9.18 Å². The average molecular weight is 258 g/mol. The van der Waals surface area contributed by atoms with Crippen LogP contribution in [0.25, 0.3) is 10.8 Å². The number of esters is 1. The van der Waals surface area contributed by atoms with E-state index in [1.807, 2.05) is 0 Å². The van der Waals surface area contributed by atoms with Crippen molar-refractivity contribution in [3.63, 3.8) is 0 Å². The summed E-state index contributed by atoms with van der Waals surface area (Å²) < 4.78 is 19.2. The van der Waals surface area contributed by atoms with E-state index in [-0.39, 0.29) is 17.9 Å². The van der Waals surface area contributed by atoms with Gasteiger partial charge in [0.05, 0.1) is 5.56 Å². The SMILES string of the molecule is O=C(OC1CCCC1)c1ccc(F)c2ccccc12. The van der Waals surface area contributed by atoms with Crippen molar-refractivity contribution in [1.29, 1.82) is 0 Å². The van der Waals surface area contributed by atoms with E-state index >= 15 is 0 Å². The molecule has 0 atom stereocenters. The molecular formula is C16H15FO2. The summed E-state index contributed by atoms with van der Waals surface area (Å²) in [5.74, 6) is -0.656. The van der Waals surface area contributed by atoms with Crippen LogP contribution < -0.4 is 0 Å². The highest BCUT2D eigenvalue weighted by atomic mass is 19.1. The summed E-state index contributed by atoms with van der Waals surface area (Å²) in [7, 11) is 0. The second kappa shape index (κ2) is 5.00. The fourth-order valence-electron chi connectivity index (χ4n) is 2.66. The molecule has 2 aromatic carbocycles. The predicted octanol–water partition coefficient (Wildman–Crippen LogP) is 4.08. The van der Waals surface area contributed by atoms with E-state index in [1.54, 1.807) is 24.3 Å². The maximum atomic E-state index is 13.7. The van der Waals surface area contributed by atoms with Crippen LogP contribution in [0.1, 0.15) is 36.0 Å². The van der Waals surface area contributed by atoms with Crippen molar-refractivity contribution in [3.05, 3.63) is 47.8 Å². The monoisotopic (exact) mass is 258 g/mol. The Labute approximate surface area is 111 Å². The van der Waals surface area contributed by atoms with Gasteiger partial charge in [-0.25, -0.2) is 9.18 Å². The highest BCUT2D eigenvalue weighted by Crippen LogP contribution is 2.26. The lowest BCUT2D eigenvalue weighted by Gasteiger charge is -2.12. The minimum absolute atomic E-state index is 0.0244. The number of carbonyl (C=O) groups is 1. The number of hydrogen-bond donors (Lipinski definition) is 0. The molecule has 2 nitrogen and oxygen atoms in total. The van der Waals surface area contributed by atoms with Crippen molar-refractivity contribution in [2.75, 3.05) is 0 Å². The van der Waals surface area contributed by atoms with E-state index in [4.69, 9.17) is 4.74 Å². The maximum Gasteiger partial charge on any atom is 0.339 e. The van der Waals surface area contributed by atoms with Gasteiger partial charge in [0, 0.05) is 5.39 Å². The highest BCUT2D eigenvalue weighted by molar-refractivity contribution is 6.04. The second-order valence-electron chi connectivity index (χ2n) is 4.95. The maximum absolute atomic E-state index is 13.7. The minimum atomic E-state index is -0.344. The van der Waals surface area contributed by atoms with Gasteiger partial charge in [0.15, 0.2) is 0 Å². The van der Waals surface area contributed by atoms with E-state index in [1.165, 1.54) is 12.1 Å². The molecule has 0 amide bonds. The van der Waals surface area contributed by atoms with Gasteiger partial charge in [-0.1, -0.05) is 24.3 Å². The number of hydrogen-bond acceptors (Lipinski definition) is 2. The number of benzene rings is 2. The summed E-state index contributed by atoms with van der Waals surface area (Å²) in [5.41, 5.74) is 0.448. The first-order chi connectivity index (χ1) is 9.25. The van der Waals surface area contributed by atoms with Gasteiger partial charge in [-0.15, -0.1) is 0 Å². The molecular weight excluding hydrogens is 243 g/mol. The molecule has 0 N–H and O–H groups in total. The van der Waals surface area contributed by atoms with Crippen LogP contribution in [0.15, 0.2) is 36.4 Å². The standard InChI is InChI=1S/C16H15FO2/c17-15-10-9-14(12-7-3-4-8-13(12)15)16(18)19-11-5-1-2-6-11/h3-4,7-11H,1-2,5-6H2. The molecule has 2 aromatic rings. The van der Waals surface area contributed by atoms with Gasteiger partial charge in [-0.2, -0.15) is 0 Å². The zero-order chi connectivity index (χ0) is 13.2. The molecule has 1 aliphatic rings. The summed E-state index contributed by atoms with van der Waals surface area (Å²) >= 11 is 0. The summed E-state index contributed by atoms with van der Waals surface area (Å²) in [6, 6.07) is 9.83. The van der Waals surface area contributed by atoms with Crippen molar-refractivity contribution < 1.29 is 13.9 Å². The molecule has 0 saturated heterocycles. The molecule has 0 unspecified atom stereocenters. The largest absolute Gasteiger partial charge is 0.459 e. The average Bonchev–Trinajstić information content (AvgIpc) is 2.92. The molecule has 98 valence electrons. The van der Waals surface area contributed by atoms with Crippen molar-refractivity contribution in [3.8, 4) is 0 Å². The van der Waals surface area contributed by atoms with Crippen LogP contribution in [-0.4, -0.2) is 12.1 Å². The van der Waals surface area contributed by atoms with Gasteiger partial charge in [-0.3, -0.25) is 0 Å². The smallest absolute Gasteiger partial charge is 0.339 e. The number of carbonyl (C=O) groups excluding carboxylic acids is 1. The molecule has 1 aliphatic carbocycles. The van der Waals surface area contributed by atoms with Crippen molar-refractivity contribution in [2.24, 2.45) is 0 Å². The Morgan fingerprint density at radius 3 is 2.47 bits per heavy atom. The Hall–Kier alpha value is -1.90. The molecule has 0 aliphatic heterocycles. The van der Waals surface area contributed by atoms with Crippen LogP contribution in [0.3, 0.4) is 0 Å². The Bertz CT molecular complexity index is 615. The zero-order valence-corrected chi connectivity index (χ0v) is 10.6. The fourth-order valence-corrected chi connectivity index (χ4v) is 2.66. The van der Waals surface area contributed by atoms with Gasteiger partial charge in [0.1, 0.15) is 11.9 Å². The van der Waals surface area contributed by atoms with E-state index in [0.717, 1.165) is 25.7 Å². The topological polar surface area (TPSA) is 26.3 Å². The van der Waals surface area contributed by atoms with Crippen molar-refractivity contribution in [2.45, 2.75) is 31.8 Å². The zero-order valence-electron chi connectivity index (χ0n) is 10.6. The fraction of sp³-hybridized carbons (Fsp3) is 0.312. The number of halogens is 1. The Balaban J connectivity index is 1.95. The van der Waals surface area contributed by atoms with Crippen LogP contribution in [0.4, 0.5) is 4.39 Å². The van der Waals surface area contributed by atoms with Crippen molar-refractivity contribution in [1.82, 2.24) is 0 Å². The van der Waals surface area contributed by atoms with Gasteiger partial charge in [0.25, 0.3) is 0 Å². The summed E-state index contributed by atoms with van der Waals surface area (Å²) in [4.78, 5) is 12.2. The Morgan fingerprint density at radius 1 is 1.05 bits per heavy atom. The molecule has 1 saturated carbocycles. The van der Waals surface area contributed by atoms with Crippen LogP contribution in [-0.2, 0) is 4.74 Å². The molecule has 3 heteroatoms. The molecule has 0 radical (unpaired) electrons. The third kappa shape index (κ3) is 2.33. The Morgan fingerprint density at radius 2 is 1.74 bits per heavy atom. The summed E-state index contributed by atoms with van der Waals surface area (Å²) in [6.07, 6.45) is 4.12. The predicted molar refractivity (Wildman–Crippen MR) is 71.6 cm³/mol. The van der Waals surface area contributed by atoms with Crippen LogP contribution >= 0.6 is 0 Å². The van der Waals surface area contributed by atoms with E-state index < -0.39 is 0 Å². The summed E-state index contributed by atoms with van der Waals surface area (Å²) in [6.45, 7) is 0. The number of rotatable bonds is 2. The first-order valence-electron chi connectivity index (χ1n) is 6.64. The summed E-state index contributed by atoms with van der Waals surface area (Å²) in [5, 5.41) is 1.08.